The number of rotatable bonds is 4. The van der Waals surface area contributed by atoms with Gasteiger partial charge in [-0.15, -0.1) is 0 Å². The standard InChI is InChI=1S/C18H15N3O6/c1-25-11-3-5-14-12(7-11)19-16(27-14)8-21-13-6-10(18(23)20-24)2-4-15(13)26-9-17(21)22/h2-7,24H,8-9H2,1H3,(H,20,23). The summed E-state index contributed by atoms with van der Waals surface area (Å²) in [4.78, 5) is 29.9. The molecule has 2 amide bonds. The molecule has 2 N–H and O–H groups in total. The van der Waals surface area contributed by atoms with E-state index in [4.69, 9.17) is 19.1 Å². The summed E-state index contributed by atoms with van der Waals surface area (Å²) in [6.07, 6.45) is 0. The Hall–Kier alpha value is -3.59. The van der Waals surface area contributed by atoms with Gasteiger partial charge >= 0.3 is 0 Å². The fraction of sp³-hybridized carbons (Fsp3) is 0.167. The van der Waals surface area contributed by atoms with Crippen molar-refractivity contribution in [3.05, 3.63) is 47.9 Å². The number of hydrogen-bond acceptors (Lipinski definition) is 7. The predicted molar refractivity (Wildman–Crippen MR) is 92.9 cm³/mol. The molecule has 0 unspecified atom stereocenters. The fourth-order valence-corrected chi connectivity index (χ4v) is 2.87. The Morgan fingerprint density at radius 2 is 2.19 bits per heavy atom. The molecule has 0 fully saturated rings. The van der Waals surface area contributed by atoms with Crippen molar-refractivity contribution in [3.8, 4) is 11.5 Å². The third-order valence-corrected chi connectivity index (χ3v) is 4.20. The zero-order valence-electron chi connectivity index (χ0n) is 14.3. The van der Waals surface area contributed by atoms with E-state index in [-0.39, 0.29) is 24.6 Å². The number of oxazole rings is 1. The Kier molecular flexibility index (Phi) is 4.13. The monoisotopic (exact) mass is 369 g/mol. The average molecular weight is 369 g/mol. The van der Waals surface area contributed by atoms with E-state index in [9.17, 15) is 9.59 Å². The molecule has 4 rings (SSSR count). The molecule has 0 radical (unpaired) electrons. The second kappa shape index (κ2) is 6.61. The number of methoxy groups -OCH3 is 1. The lowest BCUT2D eigenvalue weighted by molar-refractivity contribution is -0.121. The molecule has 9 nitrogen and oxygen atoms in total. The molecule has 0 atom stereocenters. The second-order valence-electron chi connectivity index (χ2n) is 5.83. The maximum atomic E-state index is 12.4. The van der Waals surface area contributed by atoms with Gasteiger partial charge in [-0.2, -0.15) is 0 Å². The van der Waals surface area contributed by atoms with Gasteiger partial charge in [0.25, 0.3) is 11.8 Å². The predicted octanol–water partition coefficient (Wildman–Crippen LogP) is 1.88. The molecule has 3 aromatic rings. The highest BCUT2D eigenvalue weighted by atomic mass is 16.5. The number of ether oxygens (including phenoxy) is 2. The lowest BCUT2D eigenvalue weighted by atomic mass is 10.1. The number of benzene rings is 2. The Balaban J connectivity index is 1.69. The number of carbonyl (C=O) groups excluding carboxylic acids is 2. The first-order valence-electron chi connectivity index (χ1n) is 8.04. The summed E-state index contributed by atoms with van der Waals surface area (Å²) in [5.41, 5.74) is 3.32. The van der Waals surface area contributed by atoms with Crippen LogP contribution >= 0.6 is 0 Å². The summed E-state index contributed by atoms with van der Waals surface area (Å²) in [6, 6.07) is 9.75. The van der Waals surface area contributed by atoms with Crippen LogP contribution in [0.15, 0.2) is 40.8 Å². The molecule has 27 heavy (non-hydrogen) atoms. The molecule has 138 valence electrons. The van der Waals surface area contributed by atoms with Gasteiger partial charge in [0, 0.05) is 11.6 Å². The van der Waals surface area contributed by atoms with Gasteiger partial charge in [0.15, 0.2) is 12.2 Å². The Bertz CT molecular complexity index is 1040. The Morgan fingerprint density at radius 1 is 1.33 bits per heavy atom. The van der Waals surface area contributed by atoms with Crippen molar-refractivity contribution in [2.45, 2.75) is 6.54 Å². The van der Waals surface area contributed by atoms with E-state index in [0.717, 1.165) is 0 Å². The molecule has 1 aliphatic rings. The molecular weight excluding hydrogens is 354 g/mol. The number of nitrogens with zero attached hydrogens (tertiary/aromatic N) is 2. The van der Waals surface area contributed by atoms with Crippen molar-refractivity contribution >= 4 is 28.6 Å². The van der Waals surface area contributed by atoms with Gasteiger partial charge in [0.1, 0.15) is 23.6 Å². The van der Waals surface area contributed by atoms with Crippen LogP contribution in [0, 0.1) is 0 Å². The topological polar surface area (TPSA) is 114 Å². The van der Waals surface area contributed by atoms with E-state index in [2.05, 4.69) is 4.98 Å². The van der Waals surface area contributed by atoms with Crippen LogP contribution < -0.4 is 19.9 Å². The number of fused-ring (bicyclic) bond motifs is 2. The minimum absolute atomic E-state index is 0.0659. The third-order valence-electron chi connectivity index (χ3n) is 4.20. The van der Waals surface area contributed by atoms with Crippen LogP contribution in [0.3, 0.4) is 0 Å². The van der Waals surface area contributed by atoms with Crippen LogP contribution in [0.1, 0.15) is 16.2 Å². The van der Waals surface area contributed by atoms with E-state index in [1.54, 1.807) is 36.9 Å². The summed E-state index contributed by atoms with van der Waals surface area (Å²) in [6.45, 7) is -0.0665. The number of hydrogen-bond donors (Lipinski definition) is 2. The average Bonchev–Trinajstić information content (AvgIpc) is 3.10. The second-order valence-corrected chi connectivity index (χ2v) is 5.83. The minimum Gasteiger partial charge on any atom is -0.497 e. The molecule has 0 aliphatic carbocycles. The molecule has 1 aromatic heterocycles. The number of carbonyl (C=O) groups is 2. The number of aromatic nitrogens is 1. The van der Waals surface area contributed by atoms with Gasteiger partial charge in [-0.05, 0) is 30.3 Å². The van der Waals surface area contributed by atoms with Crippen LogP contribution in [0.5, 0.6) is 11.5 Å². The highest BCUT2D eigenvalue weighted by Crippen LogP contribution is 2.34. The zero-order chi connectivity index (χ0) is 19.0. The van der Waals surface area contributed by atoms with Crippen molar-refractivity contribution in [2.24, 2.45) is 0 Å². The first-order chi connectivity index (χ1) is 13.1. The summed E-state index contributed by atoms with van der Waals surface area (Å²) < 4.78 is 16.3. The third kappa shape index (κ3) is 3.04. The molecule has 1 aliphatic heterocycles. The molecule has 0 saturated heterocycles. The van der Waals surface area contributed by atoms with Crippen LogP contribution in [0.4, 0.5) is 5.69 Å². The van der Waals surface area contributed by atoms with E-state index >= 15 is 0 Å². The summed E-state index contributed by atoms with van der Waals surface area (Å²) in [5, 5.41) is 8.82. The SMILES string of the molecule is COc1ccc2oc(CN3C(=O)COc4ccc(C(=O)NO)cc43)nc2c1. The first kappa shape index (κ1) is 16.9. The first-order valence-corrected chi connectivity index (χ1v) is 8.04. The minimum atomic E-state index is -0.690. The quantitative estimate of drug-likeness (QED) is 0.533. The Morgan fingerprint density at radius 3 is 2.96 bits per heavy atom. The summed E-state index contributed by atoms with van der Waals surface area (Å²) >= 11 is 0. The van der Waals surface area contributed by atoms with Crippen LogP contribution in [0.2, 0.25) is 0 Å². The molecule has 2 aromatic carbocycles. The maximum Gasteiger partial charge on any atom is 0.274 e. The number of hydroxylamine groups is 1. The summed E-state index contributed by atoms with van der Waals surface area (Å²) in [5.74, 6) is 0.432. The number of nitrogens with one attached hydrogen (secondary N) is 1. The van der Waals surface area contributed by atoms with Crippen molar-refractivity contribution < 1.29 is 28.7 Å². The van der Waals surface area contributed by atoms with E-state index in [1.807, 2.05) is 0 Å². The van der Waals surface area contributed by atoms with Crippen LogP contribution in [-0.4, -0.2) is 35.7 Å². The maximum absolute atomic E-state index is 12.4. The highest BCUT2D eigenvalue weighted by Gasteiger charge is 2.28. The van der Waals surface area contributed by atoms with E-state index in [1.165, 1.54) is 17.0 Å². The van der Waals surface area contributed by atoms with Crippen molar-refractivity contribution in [2.75, 3.05) is 18.6 Å². The molecular formula is C18H15N3O6. The number of amides is 2. The smallest absolute Gasteiger partial charge is 0.274 e. The van der Waals surface area contributed by atoms with Gasteiger partial charge in [-0.3, -0.25) is 19.7 Å². The van der Waals surface area contributed by atoms with Gasteiger partial charge in [-0.25, -0.2) is 10.5 Å². The molecule has 0 spiro atoms. The Labute approximate surface area is 153 Å². The molecule has 0 bridgehead atoms. The van der Waals surface area contributed by atoms with E-state index in [0.29, 0.717) is 34.2 Å². The molecule has 2 heterocycles. The fourth-order valence-electron chi connectivity index (χ4n) is 2.87. The van der Waals surface area contributed by atoms with Gasteiger partial charge in [0.05, 0.1) is 12.8 Å². The number of anilines is 1. The summed E-state index contributed by atoms with van der Waals surface area (Å²) in [7, 11) is 1.56. The lowest BCUT2D eigenvalue weighted by Gasteiger charge is -2.28. The lowest BCUT2D eigenvalue weighted by Crippen LogP contribution is -2.38. The van der Waals surface area contributed by atoms with Gasteiger partial charge < -0.3 is 13.9 Å². The van der Waals surface area contributed by atoms with Gasteiger partial charge in [0.2, 0.25) is 5.89 Å². The van der Waals surface area contributed by atoms with Gasteiger partial charge in [-0.1, -0.05) is 0 Å². The largest absolute Gasteiger partial charge is 0.497 e. The normalized spacial score (nSPS) is 13.3. The van der Waals surface area contributed by atoms with Crippen molar-refractivity contribution in [1.29, 1.82) is 0 Å². The van der Waals surface area contributed by atoms with Crippen LogP contribution in [0.25, 0.3) is 11.1 Å². The van der Waals surface area contributed by atoms with E-state index < -0.39 is 5.91 Å². The molecule has 9 heteroatoms. The highest BCUT2D eigenvalue weighted by molar-refractivity contribution is 6.01. The van der Waals surface area contributed by atoms with Crippen molar-refractivity contribution in [3.63, 3.8) is 0 Å². The zero-order valence-corrected chi connectivity index (χ0v) is 14.3. The van der Waals surface area contributed by atoms with Crippen molar-refractivity contribution in [1.82, 2.24) is 10.5 Å². The molecule has 0 saturated carbocycles. The van der Waals surface area contributed by atoms with Crippen LogP contribution in [-0.2, 0) is 11.3 Å².